The molecule has 0 aliphatic heterocycles. The van der Waals surface area contributed by atoms with E-state index in [-0.39, 0.29) is 15.9 Å². The van der Waals surface area contributed by atoms with E-state index < -0.39 is 15.7 Å². The summed E-state index contributed by atoms with van der Waals surface area (Å²) in [5.74, 6) is 0.688. The van der Waals surface area contributed by atoms with Crippen molar-refractivity contribution >= 4 is 21.4 Å². The quantitative estimate of drug-likeness (QED) is 0.656. The standard InChI is InChI=1S/C24H31NO5S/c1-5-8-11-20-21(23(26)18-10-9-12-19(18)30-20)24(27)25-22-15(6-2)13-17(31(4,28)29)14-16(22)7-3/h13-14H,5-12H2,1-4H3,(H,25,27). The Bertz CT molecular complexity index is 1140. The molecule has 0 unspecified atom stereocenters. The molecule has 7 heteroatoms. The number of benzene rings is 1. The van der Waals surface area contributed by atoms with Crippen molar-refractivity contribution in [2.45, 2.75) is 77.0 Å². The zero-order valence-corrected chi connectivity index (χ0v) is 19.6. The molecule has 0 fully saturated rings. The van der Waals surface area contributed by atoms with Crippen molar-refractivity contribution in [1.82, 2.24) is 0 Å². The van der Waals surface area contributed by atoms with Crippen LogP contribution < -0.4 is 10.7 Å². The van der Waals surface area contributed by atoms with Gasteiger partial charge in [0.05, 0.1) is 4.90 Å². The molecule has 1 aliphatic rings. The normalized spacial score (nSPS) is 13.3. The Balaban J connectivity index is 2.09. The van der Waals surface area contributed by atoms with Crippen molar-refractivity contribution in [3.8, 4) is 0 Å². The second-order valence-corrected chi connectivity index (χ2v) is 10.2. The molecule has 1 amide bonds. The van der Waals surface area contributed by atoms with Crippen LogP contribution in [0.1, 0.15) is 78.6 Å². The number of nitrogens with one attached hydrogen (secondary N) is 1. The van der Waals surface area contributed by atoms with E-state index in [0.717, 1.165) is 36.8 Å². The van der Waals surface area contributed by atoms with Gasteiger partial charge in [-0.15, -0.1) is 0 Å². The molecule has 0 saturated heterocycles. The summed E-state index contributed by atoms with van der Waals surface area (Å²) in [7, 11) is -3.37. The van der Waals surface area contributed by atoms with E-state index in [2.05, 4.69) is 12.2 Å². The Morgan fingerprint density at radius 1 is 1.10 bits per heavy atom. The van der Waals surface area contributed by atoms with Crippen LogP contribution in [0, 0.1) is 0 Å². The summed E-state index contributed by atoms with van der Waals surface area (Å²) in [4.78, 5) is 26.8. The summed E-state index contributed by atoms with van der Waals surface area (Å²) < 4.78 is 30.2. The van der Waals surface area contributed by atoms with E-state index in [9.17, 15) is 18.0 Å². The molecule has 0 atom stereocenters. The number of hydrogen-bond acceptors (Lipinski definition) is 5. The Labute approximate surface area is 184 Å². The average Bonchev–Trinajstić information content (AvgIpc) is 3.20. The van der Waals surface area contributed by atoms with Gasteiger partial charge >= 0.3 is 0 Å². The van der Waals surface area contributed by atoms with Gasteiger partial charge in [-0.1, -0.05) is 27.2 Å². The number of fused-ring (bicyclic) bond motifs is 1. The lowest BCUT2D eigenvalue weighted by Gasteiger charge is -2.17. The van der Waals surface area contributed by atoms with E-state index in [1.54, 1.807) is 12.1 Å². The summed E-state index contributed by atoms with van der Waals surface area (Å²) in [5.41, 5.74) is 2.52. The fraction of sp³-hybridized carbons (Fsp3) is 0.500. The number of carbonyl (C=O) groups excluding carboxylic acids is 1. The average molecular weight is 446 g/mol. The Kier molecular flexibility index (Phi) is 7.04. The van der Waals surface area contributed by atoms with Gasteiger partial charge in [0, 0.05) is 30.3 Å². The summed E-state index contributed by atoms with van der Waals surface area (Å²) in [6, 6.07) is 3.21. The molecule has 3 rings (SSSR count). The second-order valence-electron chi connectivity index (χ2n) is 8.14. The maximum Gasteiger partial charge on any atom is 0.263 e. The molecule has 168 valence electrons. The van der Waals surface area contributed by atoms with Gasteiger partial charge in [-0.2, -0.15) is 0 Å². The number of carbonyl (C=O) groups is 1. The summed E-state index contributed by atoms with van der Waals surface area (Å²) in [6.07, 6.45) is 6.79. The van der Waals surface area contributed by atoms with Gasteiger partial charge in [0.2, 0.25) is 5.43 Å². The molecule has 6 nitrogen and oxygen atoms in total. The highest BCUT2D eigenvalue weighted by atomic mass is 32.2. The maximum absolute atomic E-state index is 13.3. The summed E-state index contributed by atoms with van der Waals surface area (Å²) in [6.45, 7) is 5.87. The fourth-order valence-electron chi connectivity index (χ4n) is 4.13. The van der Waals surface area contributed by atoms with Gasteiger partial charge < -0.3 is 9.73 Å². The zero-order chi connectivity index (χ0) is 22.8. The van der Waals surface area contributed by atoms with Crippen LogP contribution in [-0.2, 0) is 41.9 Å². The Morgan fingerprint density at radius 3 is 2.29 bits per heavy atom. The molecular formula is C24H31NO5S. The molecule has 0 bridgehead atoms. The molecule has 0 radical (unpaired) electrons. The first-order chi connectivity index (χ1) is 14.7. The van der Waals surface area contributed by atoms with Crippen LogP contribution in [0.2, 0.25) is 0 Å². The molecule has 1 heterocycles. The zero-order valence-electron chi connectivity index (χ0n) is 18.8. The van der Waals surface area contributed by atoms with Gasteiger partial charge in [-0.05, 0) is 55.4 Å². The molecule has 1 aliphatic carbocycles. The van der Waals surface area contributed by atoms with Crippen LogP contribution in [0.4, 0.5) is 5.69 Å². The van der Waals surface area contributed by atoms with Crippen LogP contribution in [0.5, 0.6) is 0 Å². The third-order valence-corrected chi connectivity index (χ3v) is 6.97. The minimum Gasteiger partial charge on any atom is -0.465 e. The van der Waals surface area contributed by atoms with Crippen LogP contribution in [0.15, 0.2) is 26.2 Å². The van der Waals surface area contributed by atoms with E-state index in [4.69, 9.17) is 4.42 Å². The van der Waals surface area contributed by atoms with E-state index >= 15 is 0 Å². The van der Waals surface area contributed by atoms with Crippen molar-refractivity contribution in [2.24, 2.45) is 0 Å². The Hall–Kier alpha value is -2.41. The predicted molar refractivity (Wildman–Crippen MR) is 122 cm³/mol. The number of rotatable bonds is 8. The SMILES string of the molecule is CCCCc1oc2c(c(=O)c1C(=O)Nc1c(CC)cc(S(C)(=O)=O)cc1CC)CCC2. The minimum absolute atomic E-state index is 0.0883. The maximum atomic E-state index is 13.3. The highest BCUT2D eigenvalue weighted by molar-refractivity contribution is 7.90. The van der Waals surface area contributed by atoms with Gasteiger partial charge in [0.1, 0.15) is 17.1 Å². The molecule has 1 N–H and O–H groups in total. The number of aryl methyl sites for hydroxylation is 4. The number of sulfone groups is 1. The van der Waals surface area contributed by atoms with Crippen LogP contribution in [-0.4, -0.2) is 20.6 Å². The Morgan fingerprint density at radius 2 is 1.74 bits per heavy atom. The lowest BCUT2D eigenvalue weighted by Crippen LogP contribution is -2.27. The second kappa shape index (κ2) is 9.39. The fourth-order valence-corrected chi connectivity index (χ4v) is 4.85. The number of hydrogen-bond donors (Lipinski definition) is 1. The lowest BCUT2D eigenvalue weighted by atomic mass is 10.0. The van der Waals surface area contributed by atoms with Crippen molar-refractivity contribution in [2.75, 3.05) is 11.6 Å². The monoisotopic (exact) mass is 445 g/mol. The predicted octanol–water partition coefficient (Wildman–Crippen LogP) is 4.25. The molecule has 0 saturated carbocycles. The van der Waals surface area contributed by atoms with Gasteiger partial charge in [0.25, 0.3) is 5.91 Å². The number of unbranched alkanes of at least 4 members (excludes halogenated alkanes) is 1. The van der Waals surface area contributed by atoms with E-state index in [1.165, 1.54) is 6.26 Å². The summed E-state index contributed by atoms with van der Waals surface area (Å²) in [5, 5.41) is 2.93. The van der Waals surface area contributed by atoms with Crippen LogP contribution in [0.25, 0.3) is 0 Å². The van der Waals surface area contributed by atoms with Crippen LogP contribution >= 0.6 is 0 Å². The van der Waals surface area contributed by atoms with Gasteiger partial charge in [-0.3, -0.25) is 9.59 Å². The van der Waals surface area contributed by atoms with Gasteiger partial charge in [-0.25, -0.2) is 8.42 Å². The van der Waals surface area contributed by atoms with Crippen molar-refractivity contribution < 1.29 is 17.6 Å². The van der Waals surface area contributed by atoms with E-state index in [0.29, 0.717) is 48.5 Å². The first-order valence-electron chi connectivity index (χ1n) is 11.1. The molecule has 2 aromatic rings. The van der Waals surface area contributed by atoms with E-state index in [1.807, 2.05) is 13.8 Å². The number of amides is 1. The highest BCUT2D eigenvalue weighted by Crippen LogP contribution is 2.29. The van der Waals surface area contributed by atoms with Gasteiger partial charge in [0.15, 0.2) is 9.84 Å². The third-order valence-electron chi connectivity index (χ3n) is 5.88. The molecule has 0 spiro atoms. The first kappa shape index (κ1) is 23.3. The molecular weight excluding hydrogens is 414 g/mol. The van der Waals surface area contributed by atoms with Crippen molar-refractivity contribution in [3.05, 3.63) is 56.1 Å². The summed E-state index contributed by atoms with van der Waals surface area (Å²) >= 11 is 0. The highest BCUT2D eigenvalue weighted by Gasteiger charge is 2.27. The van der Waals surface area contributed by atoms with Crippen molar-refractivity contribution in [3.63, 3.8) is 0 Å². The van der Waals surface area contributed by atoms with Crippen molar-refractivity contribution in [1.29, 1.82) is 0 Å². The molecule has 1 aromatic carbocycles. The first-order valence-corrected chi connectivity index (χ1v) is 12.9. The van der Waals surface area contributed by atoms with Crippen LogP contribution in [0.3, 0.4) is 0 Å². The minimum atomic E-state index is -3.37. The largest absolute Gasteiger partial charge is 0.465 e. The third kappa shape index (κ3) is 4.76. The molecule has 1 aromatic heterocycles. The lowest BCUT2D eigenvalue weighted by molar-refractivity contribution is 0.102. The smallest absolute Gasteiger partial charge is 0.263 e. The topological polar surface area (TPSA) is 93.4 Å². The molecule has 31 heavy (non-hydrogen) atoms. The number of anilines is 1.